The molecular weight excluding hydrogens is 383 g/mol. The predicted octanol–water partition coefficient (Wildman–Crippen LogP) is 6.12. The summed E-state index contributed by atoms with van der Waals surface area (Å²) in [4.78, 5) is 15.1. The zero-order valence-electron chi connectivity index (χ0n) is 15.4. The number of carbonyl (C=O) groups excluding carboxylic acids is 1. The first-order chi connectivity index (χ1) is 13.1. The summed E-state index contributed by atoms with van der Waals surface area (Å²) < 4.78 is 5.85. The monoisotopic (exact) mass is 406 g/mol. The third-order valence-electron chi connectivity index (χ3n) is 4.76. The smallest absolute Gasteiger partial charge is 0.341 e. The molecule has 1 N–H and O–H groups in total. The van der Waals surface area contributed by atoms with Crippen LogP contribution in [0.25, 0.3) is 0 Å². The number of rotatable bonds is 6. The van der Waals surface area contributed by atoms with Crippen molar-refractivity contribution in [2.75, 3.05) is 18.4 Å². The van der Waals surface area contributed by atoms with Crippen molar-refractivity contribution in [3.63, 3.8) is 0 Å². The first-order valence-electron chi connectivity index (χ1n) is 9.35. The molecule has 1 atom stereocenters. The van der Waals surface area contributed by atoms with Crippen LogP contribution in [-0.4, -0.2) is 30.2 Å². The lowest BCUT2D eigenvalue weighted by atomic mass is 10.1. The van der Waals surface area contributed by atoms with Crippen molar-refractivity contribution in [2.24, 2.45) is 0 Å². The lowest BCUT2D eigenvalue weighted by Crippen LogP contribution is -2.41. The molecular formula is C21H24Cl2N2O2. The minimum Gasteiger partial charge on any atom is -0.443 e. The van der Waals surface area contributed by atoms with Gasteiger partial charge in [-0.2, -0.15) is 0 Å². The molecule has 1 aliphatic rings. The Kier molecular flexibility index (Phi) is 7.00. The highest BCUT2D eigenvalue weighted by atomic mass is 35.5. The second-order valence-electron chi connectivity index (χ2n) is 6.63. The number of anilines is 2. The van der Waals surface area contributed by atoms with E-state index in [4.69, 9.17) is 27.9 Å². The second kappa shape index (κ2) is 9.45. The van der Waals surface area contributed by atoms with Crippen molar-refractivity contribution in [3.8, 4) is 0 Å². The van der Waals surface area contributed by atoms with Crippen LogP contribution in [0.15, 0.2) is 42.5 Å². The molecule has 2 aromatic carbocycles. The molecule has 0 aromatic heterocycles. The highest BCUT2D eigenvalue weighted by Gasteiger charge is 2.24. The van der Waals surface area contributed by atoms with Gasteiger partial charge in [-0.05, 0) is 43.5 Å². The molecule has 1 aliphatic heterocycles. The van der Waals surface area contributed by atoms with Crippen LogP contribution in [0.1, 0.15) is 43.0 Å². The quantitative estimate of drug-likeness (QED) is 0.586. The summed E-state index contributed by atoms with van der Waals surface area (Å²) in [5, 5.41) is 4.16. The van der Waals surface area contributed by atoms with Gasteiger partial charge in [0.1, 0.15) is 0 Å². The van der Waals surface area contributed by atoms with Gasteiger partial charge in [0.05, 0.1) is 27.0 Å². The van der Waals surface area contributed by atoms with Gasteiger partial charge in [-0.3, -0.25) is 4.90 Å². The molecule has 3 rings (SSSR count). The Bertz CT molecular complexity index is 771. The third-order valence-corrected chi connectivity index (χ3v) is 5.39. The lowest BCUT2D eigenvalue weighted by molar-refractivity contribution is -0.0409. The van der Waals surface area contributed by atoms with Crippen LogP contribution in [0, 0.1) is 0 Å². The number of ether oxygens (including phenoxy) is 1. The third kappa shape index (κ3) is 4.95. The maximum atomic E-state index is 12.9. The van der Waals surface area contributed by atoms with Crippen molar-refractivity contribution in [3.05, 3.63) is 58.1 Å². The zero-order valence-corrected chi connectivity index (χ0v) is 16.9. The van der Waals surface area contributed by atoms with E-state index >= 15 is 0 Å². The number of piperidine rings is 1. The fourth-order valence-electron chi connectivity index (χ4n) is 3.33. The van der Waals surface area contributed by atoms with Crippen LogP contribution in [-0.2, 0) is 4.74 Å². The zero-order chi connectivity index (χ0) is 19.2. The fourth-order valence-corrected chi connectivity index (χ4v) is 3.82. The van der Waals surface area contributed by atoms with Crippen LogP contribution in [0.2, 0.25) is 10.0 Å². The second-order valence-corrected chi connectivity index (χ2v) is 7.45. The Morgan fingerprint density at radius 1 is 1.07 bits per heavy atom. The van der Waals surface area contributed by atoms with Crippen LogP contribution >= 0.6 is 23.2 Å². The molecule has 0 aliphatic carbocycles. The molecule has 144 valence electrons. The fraction of sp³-hybridized carbons (Fsp3) is 0.381. The number of nitrogens with one attached hydrogen (secondary N) is 1. The highest BCUT2D eigenvalue weighted by molar-refractivity contribution is 6.39. The number of para-hydroxylation sites is 2. The predicted molar refractivity (Wildman–Crippen MR) is 111 cm³/mol. The van der Waals surface area contributed by atoms with Crippen molar-refractivity contribution in [1.29, 1.82) is 0 Å². The highest BCUT2D eigenvalue weighted by Crippen LogP contribution is 2.33. The van der Waals surface area contributed by atoms with E-state index < -0.39 is 0 Å². The van der Waals surface area contributed by atoms with Gasteiger partial charge in [-0.15, -0.1) is 0 Å². The summed E-state index contributed by atoms with van der Waals surface area (Å²) >= 11 is 12.5. The minimum absolute atomic E-state index is 0.199. The van der Waals surface area contributed by atoms with E-state index in [-0.39, 0.29) is 12.2 Å². The van der Waals surface area contributed by atoms with Gasteiger partial charge >= 0.3 is 5.97 Å². The standard InChI is InChI=1S/C21H24Cl2N2O2/c1-2-19(25-13-6-3-7-14-25)27-21(26)15-9-4-5-12-18(15)24-20-16(22)10-8-11-17(20)23/h4-5,8-12,19,24H,2-3,6-7,13-14H2,1H3. The molecule has 0 saturated carbocycles. The first kappa shape index (κ1) is 20.0. The Balaban J connectivity index is 1.79. The van der Waals surface area contributed by atoms with Crippen molar-refractivity contribution < 1.29 is 9.53 Å². The largest absolute Gasteiger partial charge is 0.443 e. The molecule has 0 radical (unpaired) electrons. The SMILES string of the molecule is CCC(OC(=O)c1ccccc1Nc1c(Cl)cccc1Cl)N1CCCCC1. The van der Waals surface area contributed by atoms with E-state index in [0.717, 1.165) is 32.4 Å². The molecule has 1 unspecified atom stereocenters. The van der Waals surface area contributed by atoms with Gasteiger partial charge in [0.15, 0.2) is 6.23 Å². The summed E-state index contributed by atoms with van der Waals surface area (Å²) in [5.74, 6) is -0.348. The summed E-state index contributed by atoms with van der Waals surface area (Å²) in [7, 11) is 0. The maximum Gasteiger partial charge on any atom is 0.341 e. The normalized spacial score (nSPS) is 16.0. The Morgan fingerprint density at radius 2 is 1.74 bits per heavy atom. The van der Waals surface area contributed by atoms with Crippen molar-refractivity contribution in [2.45, 2.75) is 38.8 Å². The number of halogens is 2. The molecule has 1 heterocycles. The molecule has 27 heavy (non-hydrogen) atoms. The summed E-state index contributed by atoms with van der Waals surface area (Å²) in [6.45, 7) is 3.99. The molecule has 1 saturated heterocycles. The van der Waals surface area contributed by atoms with Crippen LogP contribution in [0.5, 0.6) is 0 Å². The Labute approximate surface area is 170 Å². The van der Waals surface area contributed by atoms with Crippen LogP contribution < -0.4 is 5.32 Å². The van der Waals surface area contributed by atoms with Crippen molar-refractivity contribution in [1.82, 2.24) is 4.90 Å². The number of benzene rings is 2. The first-order valence-corrected chi connectivity index (χ1v) is 10.1. The summed E-state index contributed by atoms with van der Waals surface area (Å²) in [6.07, 6.45) is 4.10. The molecule has 0 amide bonds. The number of likely N-dealkylation sites (tertiary alicyclic amines) is 1. The molecule has 4 nitrogen and oxygen atoms in total. The van der Waals surface area contributed by atoms with Gasteiger partial charge < -0.3 is 10.1 Å². The molecule has 6 heteroatoms. The average molecular weight is 407 g/mol. The minimum atomic E-state index is -0.348. The molecule has 0 bridgehead atoms. The van der Waals surface area contributed by atoms with Gasteiger partial charge in [-0.1, -0.05) is 54.7 Å². The van der Waals surface area contributed by atoms with Gasteiger partial charge in [0.2, 0.25) is 0 Å². The van der Waals surface area contributed by atoms with Crippen LogP contribution in [0.4, 0.5) is 11.4 Å². The van der Waals surface area contributed by atoms with E-state index in [1.807, 2.05) is 25.1 Å². The topological polar surface area (TPSA) is 41.6 Å². The number of hydrogen-bond acceptors (Lipinski definition) is 4. The number of nitrogens with zero attached hydrogens (tertiary/aromatic N) is 1. The molecule has 2 aromatic rings. The number of hydrogen-bond donors (Lipinski definition) is 1. The summed E-state index contributed by atoms with van der Waals surface area (Å²) in [5.41, 5.74) is 1.65. The van der Waals surface area contributed by atoms with E-state index in [9.17, 15) is 4.79 Å². The van der Waals surface area contributed by atoms with Gasteiger partial charge in [0, 0.05) is 13.1 Å². The van der Waals surface area contributed by atoms with E-state index in [0.29, 0.717) is 27.0 Å². The Hall–Kier alpha value is -1.75. The average Bonchev–Trinajstić information content (AvgIpc) is 2.70. The van der Waals surface area contributed by atoms with E-state index in [2.05, 4.69) is 10.2 Å². The van der Waals surface area contributed by atoms with Crippen LogP contribution in [0.3, 0.4) is 0 Å². The number of esters is 1. The van der Waals surface area contributed by atoms with Gasteiger partial charge in [-0.25, -0.2) is 4.79 Å². The lowest BCUT2D eigenvalue weighted by Gasteiger charge is -2.33. The van der Waals surface area contributed by atoms with E-state index in [1.165, 1.54) is 6.42 Å². The van der Waals surface area contributed by atoms with Gasteiger partial charge in [0.25, 0.3) is 0 Å². The Morgan fingerprint density at radius 3 is 2.41 bits per heavy atom. The molecule has 1 fully saturated rings. The number of carbonyl (C=O) groups is 1. The maximum absolute atomic E-state index is 12.9. The summed E-state index contributed by atoms with van der Waals surface area (Å²) in [6, 6.07) is 12.5. The molecule has 0 spiro atoms. The van der Waals surface area contributed by atoms with Crippen molar-refractivity contribution >= 4 is 40.5 Å². The van der Waals surface area contributed by atoms with E-state index in [1.54, 1.807) is 24.3 Å².